The van der Waals surface area contributed by atoms with Gasteiger partial charge < -0.3 is 0 Å². The summed E-state index contributed by atoms with van der Waals surface area (Å²) in [5.41, 5.74) is 10.3. The minimum atomic E-state index is 1.25. The van der Waals surface area contributed by atoms with E-state index in [1.807, 2.05) is 0 Å². The molecule has 0 heteroatoms. The second kappa shape index (κ2) is 8.32. The van der Waals surface area contributed by atoms with E-state index in [1.54, 1.807) is 0 Å². The Morgan fingerprint density at radius 2 is 0.912 bits per heavy atom. The standard InChI is InChI=1S/C34H26/c1-23-11-3-7-15-28(23)27-19-20-32(33(22-27)29-16-8-4-12-24(29)2)34-30-17-9-5-13-25(30)21-26-14-6-10-18-31(26)34/h3-22H,1-2H3. The first-order chi connectivity index (χ1) is 16.7. The van der Waals surface area contributed by atoms with Gasteiger partial charge in [0.2, 0.25) is 0 Å². The molecule has 0 heterocycles. The van der Waals surface area contributed by atoms with Gasteiger partial charge in [0.15, 0.2) is 0 Å². The zero-order chi connectivity index (χ0) is 23.1. The number of fused-ring (bicyclic) bond motifs is 2. The molecule has 0 aliphatic heterocycles. The third kappa shape index (κ3) is 3.40. The zero-order valence-electron chi connectivity index (χ0n) is 19.5. The van der Waals surface area contributed by atoms with Crippen LogP contribution in [0.5, 0.6) is 0 Å². The molecule has 34 heavy (non-hydrogen) atoms. The normalized spacial score (nSPS) is 11.2. The molecule has 0 nitrogen and oxygen atoms in total. The SMILES string of the molecule is Cc1ccccc1-c1ccc(-c2c3ccccc3cc3ccccc23)c(-c2ccccc2C)c1. The Labute approximate surface area is 201 Å². The first-order valence-electron chi connectivity index (χ1n) is 11.9. The van der Waals surface area contributed by atoms with Crippen LogP contribution >= 0.6 is 0 Å². The van der Waals surface area contributed by atoms with Crippen LogP contribution in [0.3, 0.4) is 0 Å². The fraction of sp³-hybridized carbons (Fsp3) is 0.0588. The smallest absolute Gasteiger partial charge is 0.00206 e. The highest BCUT2D eigenvalue weighted by atomic mass is 14.2. The van der Waals surface area contributed by atoms with Crippen LogP contribution in [0.4, 0.5) is 0 Å². The molecule has 0 unspecified atom stereocenters. The molecular formula is C34H26. The summed E-state index contributed by atoms with van der Waals surface area (Å²) in [6.45, 7) is 4.40. The largest absolute Gasteiger partial charge is 0.0620 e. The monoisotopic (exact) mass is 434 g/mol. The van der Waals surface area contributed by atoms with Gasteiger partial charge in [-0.05, 0) is 92.0 Å². The second-order valence-electron chi connectivity index (χ2n) is 9.08. The van der Waals surface area contributed by atoms with Crippen LogP contribution in [0, 0.1) is 13.8 Å². The van der Waals surface area contributed by atoms with Crippen molar-refractivity contribution in [3.8, 4) is 33.4 Å². The molecule has 0 aliphatic carbocycles. The van der Waals surface area contributed by atoms with Crippen molar-refractivity contribution in [1.82, 2.24) is 0 Å². The van der Waals surface area contributed by atoms with Crippen molar-refractivity contribution in [2.24, 2.45) is 0 Å². The van der Waals surface area contributed by atoms with Gasteiger partial charge in [-0.25, -0.2) is 0 Å². The highest BCUT2D eigenvalue weighted by molar-refractivity contribution is 6.14. The minimum absolute atomic E-state index is 1.25. The van der Waals surface area contributed by atoms with Crippen molar-refractivity contribution >= 4 is 21.5 Å². The first kappa shape index (κ1) is 20.4. The molecule has 0 bridgehead atoms. The Morgan fingerprint density at radius 1 is 0.382 bits per heavy atom. The molecule has 0 radical (unpaired) electrons. The molecule has 0 saturated heterocycles. The quantitative estimate of drug-likeness (QED) is 0.243. The molecule has 0 spiro atoms. The summed E-state index contributed by atoms with van der Waals surface area (Å²) in [5.74, 6) is 0. The highest BCUT2D eigenvalue weighted by Gasteiger charge is 2.16. The number of hydrogen-bond donors (Lipinski definition) is 0. The van der Waals surface area contributed by atoms with E-state index in [4.69, 9.17) is 0 Å². The Bertz CT molecular complexity index is 1620. The lowest BCUT2D eigenvalue weighted by Crippen LogP contribution is -1.93. The Hall–Kier alpha value is -4.16. The van der Waals surface area contributed by atoms with E-state index in [0.29, 0.717) is 0 Å². The first-order valence-corrected chi connectivity index (χ1v) is 11.9. The van der Waals surface area contributed by atoms with Gasteiger partial charge in [0.25, 0.3) is 0 Å². The predicted molar refractivity (Wildman–Crippen MR) is 147 cm³/mol. The minimum Gasteiger partial charge on any atom is -0.0620 e. The average Bonchev–Trinajstić information content (AvgIpc) is 2.88. The van der Waals surface area contributed by atoms with Gasteiger partial charge in [0, 0.05) is 0 Å². The molecule has 162 valence electrons. The summed E-state index contributed by atoms with van der Waals surface area (Å²) in [5, 5.41) is 5.13. The van der Waals surface area contributed by atoms with Crippen LogP contribution in [0.25, 0.3) is 54.9 Å². The Morgan fingerprint density at radius 3 is 1.53 bits per heavy atom. The van der Waals surface area contributed by atoms with E-state index in [-0.39, 0.29) is 0 Å². The molecule has 0 amide bonds. The fourth-order valence-electron chi connectivity index (χ4n) is 5.23. The van der Waals surface area contributed by atoms with Crippen LogP contribution < -0.4 is 0 Å². The van der Waals surface area contributed by atoms with Crippen molar-refractivity contribution in [2.75, 3.05) is 0 Å². The number of benzene rings is 6. The molecule has 0 aromatic heterocycles. The zero-order valence-corrected chi connectivity index (χ0v) is 19.5. The van der Waals surface area contributed by atoms with Crippen molar-refractivity contribution in [3.05, 3.63) is 132 Å². The number of hydrogen-bond acceptors (Lipinski definition) is 0. The maximum absolute atomic E-state index is 2.39. The molecule has 6 aromatic carbocycles. The molecule has 0 atom stereocenters. The summed E-state index contributed by atoms with van der Waals surface area (Å²) in [7, 11) is 0. The van der Waals surface area contributed by atoms with Gasteiger partial charge in [0.05, 0.1) is 0 Å². The summed E-state index contributed by atoms with van der Waals surface area (Å²) in [6, 6.07) is 44.2. The van der Waals surface area contributed by atoms with Gasteiger partial charge >= 0.3 is 0 Å². The van der Waals surface area contributed by atoms with Crippen molar-refractivity contribution in [1.29, 1.82) is 0 Å². The van der Waals surface area contributed by atoms with E-state index in [0.717, 1.165) is 0 Å². The number of rotatable bonds is 3. The highest BCUT2D eigenvalue weighted by Crippen LogP contribution is 2.43. The fourth-order valence-corrected chi connectivity index (χ4v) is 5.23. The lowest BCUT2D eigenvalue weighted by Gasteiger charge is -2.19. The maximum Gasteiger partial charge on any atom is -0.00206 e. The van der Waals surface area contributed by atoms with E-state index >= 15 is 0 Å². The van der Waals surface area contributed by atoms with Crippen LogP contribution in [-0.4, -0.2) is 0 Å². The van der Waals surface area contributed by atoms with Crippen LogP contribution in [0.1, 0.15) is 11.1 Å². The molecule has 6 rings (SSSR count). The summed E-state index contributed by atoms with van der Waals surface area (Å²) >= 11 is 0. The van der Waals surface area contributed by atoms with Crippen LogP contribution in [0.2, 0.25) is 0 Å². The van der Waals surface area contributed by atoms with Gasteiger partial charge in [-0.1, -0.05) is 109 Å². The molecular weight excluding hydrogens is 408 g/mol. The summed E-state index contributed by atoms with van der Waals surface area (Å²) in [6.07, 6.45) is 0. The molecule has 0 fully saturated rings. The summed E-state index contributed by atoms with van der Waals surface area (Å²) in [4.78, 5) is 0. The predicted octanol–water partition coefficient (Wildman–Crippen LogP) is 9.61. The lowest BCUT2D eigenvalue weighted by molar-refractivity contribution is 1.44. The van der Waals surface area contributed by atoms with Gasteiger partial charge in [-0.3, -0.25) is 0 Å². The lowest BCUT2D eigenvalue weighted by atomic mass is 9.85. The van der Waals surface area contributed by atoms with E-state index < -0.39 is 0 Å². The van der Waals surface area contributed by atoms with Crippen LogP contribution in [-0.2, 0) is 0 Å². The van der Waals surface area contributed by atoms with Gasteiger partial charge in [-0.15, -0.1) is 0 Å². The van der Waals surface area contributed by atoms with Crippen molar-refractivity contribution in [3.63, 3.8) is 0 Å². The van der Waals surface area contributed by atoms with Gasteiger partial charge in [0.1, 0.15) is 0 Å². The van der Waals surface area contributed by atoms with Crippen molar-refractivity contribution < 1.29 is 0 Å². The van der Waals surface area contributed by atoms with Crippen LogP contribution in [0.15, 0.2) is 121 Å². The molecule has 0 N–H and O–H groups in total. The van der Waals surface area contributed by atoms with Crippen molar-refractivity contribution in [2.45, 2.75) is 13.8 Å². The van der Waals surface area contributed by atoms with Gasteiger partial charge in [-0.2, -0.15) is 0 Å². The molecule has 0 aliphatic rings. The second-order valence-corrected chi connectivity index (χ2v) is 9.08. The van der Waals surface area contributed by atoms with E-state index in [2.05, 4.69) is 135 Å². The third-order valence-electron chi connectivity index (χ3n) is 6.95. The third-order valence-corrected chi connectivity index (χ3v) is 6.95. The average molecular weight is 435 g/mol. The topological polar surface area (TPSA) is 0 Å². The number of aryl methyl sites for hydroxylation is 2. The Balaban J connectivity index is 1.74. The molecule has 6 aromatic rings. The van der Waals surface area contributed by atoms with E-state index in [1.165, 1.54) is 66.1 Å². The van der Waals surface area contributed by atoms with E-state index in [9.17, 15) is 0 Å². The summed E-state index contributed by atoms with van der Waals surface area (Å²) < 4.78 is 0. The molecule has 0 saturated carbocycles. The Kier molecular flexibility index (Phi) is 5.00. The maximum atomic E-state index is 2.39.